The molecular weight excluding hydrogens is 204 g/mol. The van der Waals surface area contributed by atoms with E-state index in [1.807, 2.05) is 0 Å². The standard InChI is InChI=1S/C13H24OS/c1-10(2)13(11(3)4)7-12(8-13)5-6-15(14)9-12/h10-11H,5-9H2,1-4H3. The van der Waals surface area contributed by atoms with Crippen LogP contribution in [0.15, 0.2) is 0 Å². The first-order valence-corrected chi connectivity index (χ1v) is 7.74. The Morgan fingerprint density at radius 3 is 1.93 bits per heavy atom. The van der Waals surface area contributed by atoms with Gasteiger partial charge in [-0.1, -0.05) is 27.7 Å². The number of hydrogen-bond acceptors (Lipinski definition) is 1. The molecule has 1 nitrogen and oxygen atoms in total. The van der Waals surface area contributed by atoms with Gasteiger partial charge in [-0.2, -0.15) is 0 Å². The fraction of sp³-hybridized carbons (Fsp3) is 1.00. The van der Waals surface area contributed by atoms with Crippen molar-refractivity contribution in [3.05, 3.63) is 0 Å². The quantitative estimate of drug-likeness (QED) is 0.709. The third kappa shape index (κ3) is 1.69. The van der Waals surface area contributed by atoms with Crippen LogP contribution in [-0.4, -0.2) is 15.7 Å². The van der Waals surface area contributed by atoms with Crippen LogP contribution in [0.25, 0.3) is 0 Å². The van der Waals surface area contributed by atoms with E-state index >= 15 is 0 Å². The van der Waals surface area contributed by atoms with Crippen molar-refractivity contribution in [2.24, 2.45) is 22.7 Å². The molecule has 1 saturated carbocycles. The molecule has 15 heavy (non-hydrogen) atoms. The van der Waals surface area contributed by atoms with E-state index in [1.54, 1.807) is 0 Å². The molecule has 1 atom stereocenters. The SMILES string of the molecule is CC(C)C1(C(C)C)CC2(CCS(=O)C2)C1. The predicted molar refractivity (Wildman–Crippen MR) is 66.3 cm³/mol. The first kappa shape index (κ1) is 11.6. The lowest BCUT2D eigenvalue weighted by molar-refractivity contribution is -0.0932. The maximum absolute atomic E-state index is 11.5. The van der Waals surface area contributed by atoms with Crippen molar-refractivity contribution in [2.45, 2.75) is 47.0 Å². The lowest BCUT2D eigenvalue weighted by Crippen LogP contribution is -2.53. The molecule has 2 fully saturated rings. The zero-order chi connectivity index (χ0) is 11.3. The first-order valence-electron chi connectivity index (χ1n) is 6.25. The fourth-order valence-corrected chi connectivity index (χ4v) is 5.76. The molecule has 1 aliphatic carbocycles. The molecule has 1 unspecified atom stereocenters. The van der Waals surface area contributed by atoms with Crippen molar-refractivity contribution in [3.63, 3.8) is 0 Å². The maximum Gasteiger partial charge on any atom is 0.0292 e. The molecule has 0 aromatic heterocycles. The molecule has 0 bridgehead atoms. The van der Waals surface area contributed by atoms with E-state index in [4.69, 9.17) is 0 Å². The van der Waals surface area contributed by atoms with Gasteiger partial charge in [0, 0.05) is 22.3 Å². The van der Waals surface area contributed by atoms with E-state index in [1.165, 1.54) is 19.3 Å². The lowest BCUT2D eigenvalue weighted by atomic mass is 9.45. The normalized spacial score (nSPS) is 32.5. The molecule has 0 aromatic carbocycles. The van der Waals surface area contributed by atoms with Crippen LogP contribution in [0.5, 0.6) is 0 Å². The molecule has 1 saturated heterocycles. The molecule has 1 spiro atoms. The zero-order valence-electron chi connectivity index (χ0n) is 10.5. The smallest absolute Gasteiger partial charge is 0.0292 e. The van der Waals surface area contributed by atoms with Gasteiger partial charge >= 0.3 is 0 Å². The van der Waals surface area contributed by atoms with Gasteiger partial charge in [-0.3, -0.25) is 4.21 Å². The monoisotopic (exact) mass is 228 g/mol. The molecule has 88 valence electrons. The van der Waals surface area contributed by atoms with E-state index in [0.717, 1.165) is 23.3 Å². The first-order chi connectivity index (χ1) is 6.90. The van der Waals surface area contributed by atoms with Crippen molar-refractivity contribution in [3.8, 4) is 0 Å². The van der Waals surface area contributed by atoms with Gasteiger partial charge in [0.15, 0.2) is 0 Å². The summed E-state index contributed by atoms with van der Waals surface area (Å²) in [4.78, 5) is 0. The topological polar surface area (TPSA) is 17.1 Å². The van der Waals surface area contributed by atoms with Crippen molar-refractivity contribution in [1.82, 2.24) is 0 Å². The van der Waals surface area contributed by atoms with E-state index < -0.39 is 10.8 Å². The molecular formula is C13H24OS. The Bertz CT molecular complexity index is 264. The van der Waals surface area contributed by atoms with Crippen LogP contribution in [0.4, 0.5) is 0 Å². The fourth-order valence-electron chi connectivity index (χ4n) is 3.92. The second-order valence-electron chi connectivity index (χ2n) is 6.43. The molecule has 0 N–H and O–H groups in total. The summed E-state index contributed by atoms with van der Waals surface area (Å²) in [6.07, 6.45) is 3.89. The number of rotatable bonds is 2. The highest BCUT2D eigenvalue weighted by Crippen LogP contribution is 2.65. The van der Waals surface area contributed by atoms with Crippen molar-refractivity contribution >= 4 is 10.8 Å². The molecule has 1 aliphatic heterocycles. The minimum Gasteiger partial charge on any atom is -0.260 e. The van der Waals surface area contributed by atoms with E-state index in [-0.39, 0.29) is 0 Å². The lowest BCUT2D eigenvalue weighted by Gasteiger charge is -2.59. The Morgan fingerprint density at radius 2 is 1.60 bits per heavy atom. The van der Waals surface area contributed by atoms with Crippen LogP contribution in [0.3, 0.4) is 0 Å². The summed E-state index contributed by atoms with van der Waals surface area (Å²) in [5, 5.41) is 0. The second-order valence-corrected chi connectivity index (χ2v) is 8.01. The van der Waals surface area contributed by atoms with Crippen LogP contribution in [0, 0.1) is 22.7 Å². The second kappa shape index (κ2) is 3.58. The minimum atomic E-state index is -0.501. The molecule has 0 radical (unpaired) electrons. The van der Waals surface area contributed by atoms with Gasteiger partial charge in [0.05, 0.1) is 0 Å². The van der Waals surface area contributed by atoms with Crippen LogP contribution in [0.2, 0.25) is 0 Å². The highest BCUT2D eigenvalue weighted by Gasteiger charge is 2.58. The Kier molecular flexibility index (Phi) is 2.77. The van der Waals surface area contributed by atoms with Crippen LogP contribution in [-0.2, 0) is 10.8 Å². The zero-order valence-corrected chi connectivity index (χ0v) is 11.3. The Morgan fingerprint density at radius 1 is 1.07 bits per heavy atom. The van der Waals surface area contributed by atoms with Gasteiger partial charge in [0.25, 0.3) is 0 Å². The predicted octanol–water partition coefficient (Wildman–Crippen LogP) is 3.22. The molecule has 0 amide bonds. The Labute approximate surface area is 96.5 Å². The van der Waals surface area contributed by atoms with Gasteiger partial charge in [0.1, 0.15) is 0 Å². The summed E-state index contributed by atoms with van der Waals surface area (Å²) >= 11 is 0. The van der Waals surface area contributed by atoms with Gasteiger partial charge in [-0.15, -0.1) is 0 Å². The molecule has 2 aliphatic rings. The van der Waals surface area contributed by atoms with Crippen molar-refractivity contribution in [1.29, 1.82) is 0 Å². The summed E-state index contributed by atoms with van der Waals surface area (Å²) < 4.78 is 11.5. The summed E-state index contributed by atoms with van der Waals surface area (Å²) in [6.45, 7) is 9.44. The van der Waals surface area contributed by atoms with Gasteiger partial charge in [0.2, 0.25) is 0 Å². The molecule has 0 aromatic rings. The average Bonchev–Trinajstić information content (AvgIpc) is 2.42. The molecule has 2 heteroatoms. The minimum absolute atomic E-state index is 0.486. The summed E-state index contributed by atoms with van der Waals surface area (Å²) in [5.74, 6) is 3.51. The van der Waals surface area contributed by atoms with Crippen molar-refractivity contribution in [2.75, 3.05) is 11.5 Å². The van der Waals surface area contributed by atoms with E-state index in [0.29, 0.717) is 10.8 Å². The highest BCUT2D eigenvalue weighted by molar-refractivity contribution is 7.85. The summed E-state index contributed by atoms with van der Waals surface area (Å²) in [7, 11) is -0.501. The third-order valence-electron chi connectivity index (χ3n) is 5.04. The van der Waals surface area contributed by atoms with Crippen LogP contribution >= 0.6 is 0 Å². The summed E-state index contributed by atoms with van der Waals surface area (Å²) in [6, 6.07) is 0. The summed E-state index contributed by atoms with van der Waals surface area (Å²) in [5.41, 5.74) is 1.04. The largest absolute Gasteiger partial charge is 0.260 e. The Balaban J connectivity index is 2.08. The van der Waals surface area contributed by atoms with Crippen LogP contribution < -0.4 is 0 Å². The molecule has 1 heterocycles. The third-order valence-corrected chi connectivity index (χ3v) is 6.63. The Hall–Kier alpha value is 0.150. The van der Waals surface area contributed by atoms with Gasteiger partial charge in [-0.05, 0) is 41.9 Å². The molecule has 2 rings (SSSR count). The average molecular weight is 228 g/mol. The highest BCUT2D eigenvalue weighted by atomic mass is 32.2. The number of hydrogen-bond donors (Lipinski definition) is 0. The maximum atomic E-state index is 11.5. The van der Waals surface area contributed by atoms with E-state index in [9.17, 15) is 4.21 Å². The van der Waals surface area contributed by atoms with Gasteiger partial charge < -0.3 is 0 Å². The van der Waals surface area contributed by atoms with Crippen molar-refractivity contribution < 1.29 is 4.21 Å². The van der Waals surface area contributed by atoms with Gasteiger partial charge in [-0.25, -0.2) is 0 Å². The van der Waals surface area contributed by atoms with Crippen LogP contribution in [0.1, 0.15) is 47.0 Å². The van der Waals surface area contributed by atoms with E-state index in [2.05, 4.69) is 27.7 Å².